The number of hydrogen-bond acceptors (Lipinski definition) is 6. The number of morpholine rings is 1. The number of sulfonamides is 1. The number of nitrogens with zero attached hydrogens (tertiary/aromatic N) is 4. The highest BCUT2D eigenvalue weighted by Gasteiger charge is 2.32. The van der Waals surface area contributed by atoms with Gasteiger partial charge in [-0.1, -0.05) is 12.1 Å². The van der Waals surface area contributed by atoms with Crippen LogP contribution in [0.25, 0.3) is 5.69 Å². The molecule has 1 amide bonds. The molecule has 0 bridgehead atoms. The number of benzene rings is 2. The number of nitrogens with one attached hydrogen (secondary N) is 1. The lowest BCUT2D eigenvalue weighted by Gasteiger charge is -2.34. The zero-order chi connectivity index (χ0) is 22.7. The van der Waals surface area contributed by atoms with E-state index < -0.39 is 10.0 Å². The molecule has 0 saturated carbocycles. The molecule has 10 heteroatoms. The van der Waals surface area contributed by atoms with Gasteiger partial charge in [-0.15, -0.1) is 0 Å². The van der Waals surface area contributed by atoms with Gasteiger partial charge in [-0.25, -0.2) is 18.1 Å². The maximum absolute atomic E-state index is 12.9. The predicted octanol–water partition coefficient (Wildman–Crippen LogP) is 2.00. The smallest absolute Gasteiger partial charge is 0.251 e. The van der Waals surface area contributed by atoms with Crippen LogP contribution < -0.4 is 5.32 Å². The van der Waals surface area contributed by atoms with Crippen LogP contribution in [0.15, 0.2) is 66.1 Å². The van der Waals surface area contributed by atoms with Crippen LogP contribution in [0.5, 0.6) is 0 Å². The van der Waals surface area contributed by atoms with Crippen LogP contribution in [0.2, 0.25) is 0 Å². The molecule has 2 unspecified atom stereocenters. The summed E-state index contributed by atoms with van der Waals surface area (Å²) < 4.78 is 34.6. The normalized spacial score (nSPS) is 19.6. The Kier molecular flexibility index (Phi) is 6.35. The van der Waals surface area contributed by atoms with Crippen LogP contribution in [0.4, 0.5) is 0 Å². The molecule has 0 spiro atoms. The molecule has 2 atom stereocenters. The Hall–Kier alpha value is -3.08. The first-order chi connectivity index (χ1) is 15.3. The number of carbonyl (C=O) groups is 1. The summed E-state index contributed by atoms with van der Waals surface area (Å²) >= 11 is 0. The van der Waals surface area contributed by atoms with E-state index >= 15 is 0 Å². The fraction of sp³-hybridized carbons (Fsp3) is 0.318. The molecule has 1 aliphatic heterocycles. The van der Waals surface area contributed by atoms with Crippen molar-refractivity contribution in [1.29, 1.82) is 0 Å². The molecule has 1 N–H and O–H groups in total. The van der Waals surface area contributed by atoms with E-state index in [2.05, 4.69) is 15.4 Å². The molecule has 32 heavy (non-hydrogen) atoms. The number of rotatable bonds is 6. The molecule has 0 radical (unpaired) electrons. The van der Waals surface area contributed by atoms with E-state index in [0.717, 1.165) is 11.3 Å². The van der Waals surface area contributed by atoms with Gasteiger partial charge in [-0.3, -0.25) is 4.79 Å². The minimum atomic E-state index is -3.64. The molecular weight excluding hydrogens is 430 g/mol. The Morgan fingerprint density at radius 1 is 1.06 bits per heavy atom. The first-order valence-corrected chi connectivity index (χ1v) is 11.7. The van der Waals surface area contributed by atoms with Gasteiger partial charge in [0.1, 0.15) is 12.7 Å². The lowest BCUT2D eigenvalue weighted by atomic mass is 10.2. The number of aromatic nitrogens is 3. The average Bonchev–Trinajstić information content (AvgIpc) is 3.32. The van der Waals surface area contributed by atoms with E-state index in [9.17, 15) is 13.2 Å². The summed E-state index contributed by atoms with van der Waals surface area (Å²) in [7, 11) is -3.64. The summed E-state index contributed by atoms with van der Waals surface area (Å²) in [5, 5.41) is 6.93. The van der Waals surface area contributed by atoms with Crippen LogP contribution >= 0.6 is 0 Å². The summed E-state index contributed by atoms with van der Waals surface area (Å²) in [5.41, 5.74) is 2.20. The maximum Gasteiger partial charge on any atom is 0.251 e. The van der Waals surface area contributed by atoms with Gasteiger partial charge in [0.05, 0.1) is 22.8 Å². The molecule has 1 saturated heterocycles. The number of hydrogen-bond donors (Lipinski definition) is 1. The SMILES string of the molecule is CC1CN(S(=O)(=O)c2ccc(C(=O)NCc3ccc(-n4cncn4)cc3)cc2)CC(C)O1. The molecule has 1 fully saturated rings. The van der Waals surface area contributed by atoms with Gasteiger partial charge in [-0.05, 0) is 55.8 Å². The fourth-order valence-corrected chi connectivity index (χ4v) is 5.24. The first kappa shape index (κ1) is 22.1. The van der Waals surface area contributed by atoms with Crippen molar-refractivity contribution in [3.63, 3.8) is 0 Å². The monoisotopic (exact) mass is 455 g/mol. The van der Waals surface area contributed by atoms with E-state index in [1.807, 2.05) is 38.1 Å². The topological polar surface area (TPSA) is 106 Å². The summed E-state index contributed by atoms with van der Waals surface area (Å²) in [6, 6.07) is 13.6. The summed E-state index contributed by atoms with van der Waals surface area (Å²) in [4.78, 5) is 16.6. The van der Waals surface area contributed by atoms with Crippen molar-refractivity contribution < 1.29 is 17.9 Å². The number of carbonyl (C=O) groups excluding carboxylic acids is 1. The van der Waals surface area contributed by atoms with Crippen molar-refractivity contribution in [3.8, 4) is 5.69 Å². The highest BCUT2D eigenvalue weighted by molar-refractivity contribution is 7.89. The Balaban J connectivity index is 1.38. The number of ether oxygens (including phenoxy) is 1. The van der Waals surface area contributed by atoms with Gasteiger partial charge in [0.2, 0.25) is 10.0 Å². The molecule has 0 aliphatic carbocycles. The third-order valence-electron chi connectivity index (χ3n) is 5.21. The Morgan fingerprint density at radius 2 is 1.72 bits per heavy atom. The van der Waals surface area contributed by atoms with E-state index in [1.165, 1.54) is 34.9 Å². The van der Waals surface area contributed by atoms with Gasteiger partial charge in [-0.2, -0.15) is 9.40 Å². The second-order valence-electron chi connectivity index (χ2n) is 7.79. The van der Waals surface area contributed by atoms with Gasteiger partial charge >= 0.3 is 0 Å². The van der Waals surface area contributed by atoms with Crippen LogP contribution in [0.1, 0.15) is 29.8 Å². The lowest BCUT2D eigenvalue weighted by molar-refractivity contribution is -0.0440. The highest BCUT2D eigenvalue weighted by atomic mass is 32.2. The van der Waals surface area contributed by atoms with Crippen molar-refractivity contribution >= 4 is 15.9 Å². The van der Waals surface area contributed by atoms with Crippen LogP contribution in [-0.2, 0) is 21.3 Å². The second-order valence-corrected chi connectivity index (χ2v) is 9.73. The van der Waals surface area contributed by atoms with E-state index in [4.69, 9.17) is 4.74 Å². The standard InChI is InChI=1S/C22H25N5O4S/c1-16-12-26(13-17(2)31-16)32(29,30)21-9-5-19(6-10-21)22(28)24-11-18-3-7-20(8-4-18)27-15-23-14-25-27/h3-10,14-17H,11-13H2,1-2H3,(H,24,28). The number of amides is 1. The first-order valence-electron chi connectivity index (χ1n) is 10.3. The Morgan fingerprint density at radius 3 is 2.31 bits per heavy atom. The van der Waals surface area contributed by atoms with Crippen LogP contribution in [0, 0.1) is 0 Å². The highest BCUT2D eigenvalue weighted by Crippen LogP contribution is 2.21. The largest absolute Gasteiger partial charge is 0.373 e. The zero-order valence-electron chi connectivity index (χ0n) is 17.9. The molecule has 1 aliphatic rings. The van der Waals surface area contributed by atoms with E-state index in [-0.39, 0.29) is 23.0 Å². The summed E-state index contributed by atoms with van der Waals surface area (Å²) in [5.74, 6) is -0.275. The Bertz CT molecular complexity index is 1150. The fourth-order valence-electron chi connectivity index (χ4n) is 3.65. The summed E-state index contributed by atoms with van der Waals surface area (Å²) in [6.45, 7) is 4.68. The van der Waals surface area contributed by atoms with Crippen molar-refractivity contribution in [3.05, 3.63) is 72.3 Å². The van der Waals surface area contributed by atoms with Crippen LogP contribution in [-0.4, -0.2) is 58.7 Å². The van der Waals surface area contributed by atoms with Crippen molar-refractivity contribution in [2.45, 2.75) is 37.5 Å². The van der Waals surface area contributed by atoms with Gasteiger partial charge in [0.25, 0.3) is 5.91 Å². The average molecular weight is 456 g/mol. The molecular formula is C22H25N5O4S. The zero-order valence-corrected chi connectivity index (χ0v) is 18.7. The van der Waals surface area contributed by atoms with Gasteiger partial charge < -0.3 is 10.1 Å². The minimum absolute atomic E-state index is 0.163. The predicted molar refractivity (Wildman–Crippen MR) is 118 cm³/mol. The third-order valence-corrected chi connectivity index (χ3v) is 7.06. The molecule has 4 rings (SSSR count). The Labute approximate surface area is 187 Å². The van der Waals surface area contributed by atoms with E-state index in [0.29, 0.717) is 25.2 Å². The lowest BCUT2D eigenvalue weighted by Crippen LogP contribution is -2.48. The minimum Gasteiger partial charge on any atom is -0.373 e. The maximum atomic E-state index is 12.9. The molecule has 9 nitrogen and oxygen atoms in total. The molecule has 2 aromatic carbocycles. The quantitative estimate of drug-likeness (QED) is 0.609. The molecule has 1 aromatic heterocycles. The molecule has 168 valence electrons. The molecule has 3 aromatic rings. The van der Waals surface area contributed by atoms with Gasteiger partial charge in [0.15, 0.2) is 0 Å². The van der Waals surface area contributed by atoms with Crippen molar-refractivity contribution in [2.24, 2.45) is 0 Å². The van der Waals surface area contributed by atoms with E-state index in [1.54, 1.807) is 11.0 Å². The van der Waals surface area contributed by atoms with Crippen LogP contribution in [0.3, 0.4) is 0 Å². The van der Waals surface area contributed by atoms with Crippen molar-refractivity contribution in [2.75, 3.05) is 13.1 Å². The summed E-state index contributed by atoms with van der Waals surface area (Å²) in [6.07, 6.45) is 2.75. The van der Waals surface area contributed by atoms with Gasteiger partial charge in [0, 0.05) is 25.2 Å². The second kappa shape index (κ2) is 9.19. The third kappa shape index (κ3) is 4.87. The molecule has 2 heterocycles. The van der Waals surface area contributed by atoms with Crippen molar-refractivity contribution in [1.82, 2.24) is 24.4 Å².